The van der Waals surface area contributed by atoms with Gasteiger partial charge >= 0.3 is 0 Å². The van der Waals surface area contributed by atoms with E-state index in [9.17, 15) is 4.79 Å². The van der Waals surface area contributed by atoms with Gasteiger partial charge in [-0.05, 0) is 40.8 Å². The summed E-state index contributed by atoms with van der Waals surface area (Å²) in [6.45, 7) is 4.00. The third-order valence-electron chi connectivity index (χ3n) is 7.05. The van der Waals surface area contributed by atoms with Crippen LogP contribution in [0.3, 0.4) is 0 Å². The molecule has 0 amide bonds. The third kappa shape index (κ3) is 4.92. The van der Waals surface area contributed by atoms with Gasteiger partial charge in [0.15, 0.2) is 0 Å². The first-order valence-corrected chi connectivity index (χ1v) is 13.9. The molecule has 0 atom stereocenters. The number of pyridine rings is 1. The quantitative estimate of drug-likeness (QED) is 0.213. The van der Waals surface area contributed by atoms with Crippen molar-refractivity contribution in [2.75, 3.05) is 0 Å². The molecule has 0 saturated carbocycles. The number of aromatic nitrogens is 3. The molecule has 0 N–H and O–H groups in total. The zero-order valence-corrected chi connectivity index (χ0v) is 23.0. The highest BCUT2D eigenvalue weighted by molar-refractivity contribution is 6.07. The number of nitrogens with zero attached hydrogens (tertiary/aromatic N) is 3. The molecule has 0 unspecified atom stereocenters. The van der Waals surface area contributed by atoms with Crippen LogP contribution in [0.5, 0.6) is 0 Å². The highest BCUT2D eigenvalue weighted by atomic mass is 16.1. The summed E-state index contributed by atoms with van der Waals surface area (Å²) < 4.78 is 1.66. The Morgan fingerprint density at radius 3 is 1.51 bits per heavy atom. The highest BCUT2D eigenvalue weighted by Crippen LogP contribution is 2.31. The van der Waals surface area contributed by atoms with E-state index in [1.165, 1.54) is 0 Å². The van der Waals surface area contributed by atoms with E-state index in [0.29, 0.717) is 11.3 Å². The Balaban J connectivity index is 0.00000148. The molecule has 7 aromatic rings. The van der Waals surface area contributed by atoms with Gasteiger partial charge in [0.25, 0.3) is 5.56 Å². The van der Waals surface area contributed by atoms with Crippen LogP contribution < -0.4 is 5.56 Å². The van der Waals surface area contributed by atoms with E-state index in [1.54, 1.807) is 4.57 Å². The summed E-state index contributed by atoms with van der Waals surface area (Å²) in [6, 6.07) is 46.2. The molecule has 41 heavy (non-hydrogen) atoms. The second-order valence-corrected chi connectivity index (χ2v) is 9.45. The molecule has 4 nitrogen and oxygen atoms in total. The zero-order chi connectivity index (χ0) is 28.2. The second kappa shape index (κ2) is 11.4. The van der Waals surface area contributed by atoms with Crippen LogP contribution in [0.1, 0.15) is 13.8 Å². The van der Waals surface area contributed by atoms with Gasteiger partial charge in [-0.3, -0.25) is 4.79 Å². The fourth-order valence-corrected chi connectivity index (χ4v) is 5.14. The van der Waals surface area contributed by atoms with Crippen LogP contribution in [0.15, 0.2) is 144 Å². The Morgan fingerprint density at radius 2 is 0.951 bits per heavy atom. The summed E-state index contributed by atoms with van der Waals surface area (Å²) in [7, 11) is 0. The fraction of sp³-hybridized carbons (Fsp3) is 0.0541. The van der Waals surface area contributed by atoms with Crippen molar-refractivity contribution in [3.05, 3.63) is 150 Å². The molecular weight excluding hydrogens is 502 g/mol. The van der Waals surface area contributed by atoms with Crippen LogP contribution in [0.4, 0.5) is 0 Å². The average Bonchev–Trinajstić information content (AvgIpc) is 3.07. The van der Waals surface area contributed by atoms with Gasteiger partial charge in [0.05, 0.1) is 16.9 Å². The summed E-state index contributed by atoms with van der Waals surface area (Å²) in [4.78, 5) is 24.0. The number of hydrogen-bond acceptors (Lipinski definition) is 3. The molecule has 2 heterocycles. The fourth-order valence-electron chi connectivity index (χ4n) is 5.14. The molecule has 198 valence electrons. The van der Waals surface area contributed by atoms with E-state index in [0.717, 1.165) is 49.9 Å². The minimum atomic E-state index is -0.144. The van der Waals surface area contributed by atoms with Crippen LogP contribution >= 0.6 is 0 Å². The van der Waals surface area contributed by atoms with Gasteiger partial charge in [-0.2, -0.15) is 0 Å². The van der Waals surface area contributed by atoms with Crippen LogP contribution in [-0.2, 0) is 0 Å². The highest BCUT2D eigenvalue weighted by Gasteiger charge is 2.17. The minimum Gasteiger partial charge on any atom is -0.268 e. The second-order valence-electron chi connectivity index (χ2n) is 9.45. The van der Waals surface area contributed by atoms with E-state index in [4.69, 9.17) is 9.97 Å². The van der Waals surface area contributed by atoms with Crippen molar-refractivity contribution in [1.29, 1.82) is 0 Å². The Hall–Kier alpha value is -5.35. The zero-order valence-electron chi connectivity index (χ0n) is 23.0. The van der Waals surface area contributed by atoms with Gasteiger partial charge < -0.3 is 0 Å². The van der Waals surface area contributed by atoms with Crippen molar-refractivity contribution in [2.45, 2.75) is 13.8 Å². The predicted octanol–water partition coefficient (Wildman–Crippen LogP) is 8.96. The standard InChI is InChI=1S/C35H23N3O.C2H6/c39-34-29-19-11-10-18-28(29)30-22-27(24-12-4-1-5-13-24)20-21-33(30)38(34)35-36-31(25-14-6-2-7-15-25)23-32(37-35)26-16-8-3-9-17-26;1-2/h1-23H;1-2H3. The number of fused-ring (bicyclic) bond motifs is 3. The lowest BCUT2D eigenvalue weighted by molar-refractivity contribution is 0.934. The van der Waals surface area contributed by atoms with Crippen LogP contribution in [-0.4, -0.2) is 14.5 Å². The van der Waals surface area contributed by atoms with Gasteiger partial charge in [-0.25, -0.2) is 14.5 Å². The topological polar surface area (TPSA) is 47.8 Å². The third-order valence-corrected chi connectivity index (χ3v) is 7.05. The Labute approximate surface area is 239 Å². The van der Waals surface area contributed by atoms with Crippen molar-refractivity contribution >= 4 is 21.7 Å². The molecule has 2 aromatic heterocycles. The maximum atomic E-state index is 14.1. The molecule has 0 aliphatic carbocycles. The number of rotatable bonds is 4. The SMILES string of the molecule is CC.O=c1c2ccccc2c2cc(-c3ccccc3)ccc2n1-c1nc(-c2ccccc2)cc(-c2ccccc2)n1. The van der Waals surface area contributed by atoms with Crippen LogP contribution in [0.25, 0.3) is 61.3 Å². The van der Waals surface area contributed by atoms with Crippen molar-refractivity contribution < 1.29 is 0 Å². The summed E-state index contributed by atoms with van der Waals surface area (Å²) >= 11 is 0. The Bertz CT molecular complexity index is 1960. The lowest BCUT2D eigenvalue weighted by Gasteiger charge is -2.15. The summed E-state index contributed by atoms with van der Waals surface area (Å²) in [5, 5.41) is 2.51. The van der Waals surface area contributed by atoms with Gasteiger partial charge in [-0.15, -0.1) is 0 Å². The number of benzene rings is 5. The molecule has 0 radical (unpaired) electrons. The van der Waals surface area contributed by atoms with Crippen molar-refractivity contribution in [3.63, 3.8) is 0 Å². The number of hydrogen-bond donors (Lipinski definition) is 0. The van der Waals surface area contributed by atoms with Crippen molar-refractivity contribution in [1.82, 2.24) is 14.5 Å². The predicted molar refractivity (Wildman–Crippen MR) is 170 cm³/mol. The molecule has 0 aliphatic rings. The molecule has 0 spiro atoms. The lowest BCUT2D eigenvalue weighted by Crippen LogP contribution is -2.21. The molecule has 0 fully saturated rings. The van der Waals surface area contributed by atoms with E-state index in [-0.39, 0.29) is 5.56 Å². The first-order chi connectivity index (χ1) is 20.3. The normalized spacial score (nSPS) is 10.8. The maximum Gasteiger partial charge on any atom is 0.265 e. The molecule has 5 aromatic carbocycles. The first-order valence-electron chi connectivity index (χ1n) is 13.9. The van der Waals surface area contributed by atoms with Gasteiger partial charge in [0, 0.05) is 21.9 Å². The van der Waals surface area contributed by atoms with Crippen LogP contribution in [0, 0.1) is 0 Å². The van der Waals surface area contributed by atoms with Gasteiger partial charge in [0.2, 0.25) is 5.95 Å². The van der Waals surface area contributed by atoms with E-state index < -0.39 is 0 Å². The summed E-state index contributed by atoms with van der Waals surface area (Å²) in [5.41, 5.74) is 6.27. The maximum absolute atomic E-state index is 14.1. The van der Waals surface area contributed by atoms with E-state index in [2.05, 4.69) is 24.3 Å². The Kier molecular flexibility index (Phi) is 7.21. The van der Waals surface area contributed by atoms with Gasteiger partial charge in [-0.1, -0.05) is 129 Å². The van der Waals surface area contributed by atoms with Crippen molar-refractivity contribution in [2.24, 2.45) is 0 Å². The summed E-state index contributed by atoms with van der Waals surface area (Å²) in [6.07, 6.45) is 0. The minimum absolute atomic E-state index is 0.144. The lowest BCUT2D eigenvalue weighted by atomic mass is 10.00. The van der Waals surface area contributed by atoms with Gasteiger partial charge in [0.1, 0.15) is 0 Å². The van der Waals surface area contributed by atoms with Crippen LogP contribution in [0.2, 0.25) is 0 Å². The van der Waals surface area contributed by atoms with Crippen molar-refractivity contribution in [3.8, 4) is 39.6 Å². The molecular formula is C37H29N3O. The monoisotopic (exact) mass is 531 g/mol. The molecule has 0 aliphatic heterocycles. The molecule has 0 saturated heterocycles. The average molecular weight is 532 g/mol. The smallest absolute Gasteiger partial charge is 0.265 e. The first kappa shape index (κ1) is 25.9. The van der Waals surface area contributed by atoms with E-state index in [1.807, 2.05) is 129 Å². The summed E-state index contributed by atoms with van der Waals surface area (Å²) in [5.74, 6) is 0.350. The largest absolute Gasteiger partial charge is 0.268 e. The molecule has 7 rings (SSSR count). The molecule has 4 heteroatoms. The van der Waals surface area contributed by atoms with E-state index >= 15 is 0 Å². The molecule has 0 bridgehead atoms. The Morgan fingerprint density at radius 1 is 0.463 bits per heavy atom.